The smallest absolute Gasteiger partial charge is 0.262 e. The molecule has 0 unspecified atom stereocenters. The average molecular weight is 355 g/mol. The second-order valence-corrected chi connectivity index (χ2v) is 7.87. The minimum Gasteiger partial charge on any atom is -0.443 e. The number of rotatable bonds is 3. The normalized spacial score (nSPS) is 13.7. The first kappa shape index (κ1) is 14.1. The SMILES string of the molecule is O=c1c2c3c(sc2ncn1Cc1coc(-c2cccs2)n1)CCC3. The van der Waals surface area contributed by atoms with Gasteiger partial charge in [-0.15, -0.1) is 22.7 Å². The van der Waals surface area contributed by atoms with Crippen molar-refractivity contribution >= 4 is 32.9 Å². The third-order valence-electron chi connectivity index (χ3n) is 4.31. The monoisotopic (exact) mass is 355 g/mol. The molecule has 0 fully saturated rings. The summed E-state index contributed by atoms with van der Waals surface area (Å²) in [7, 11) is 0. The molecule has 5 nitrogen and oxygen atoms in total. The van der Waals surface area contributed by atoms with Crippen molar-refractivity contribution in [3.8, 4) is 10.8 Å². The van der Waals surface area contributed by atoms with E-state index in [1.54, 1.807) is 39.8 Å². The van der Waals surface area contributed by atoms with Crippen LogP contribution in [0.2, 0.25) is 0 Å². The van der Waals surface area contributed by atoms with Gasteiger partial charge in [0.05, 0.1) is 28.8 Å². The van der Waals surface area contributed by atoms with E-state index in [9.17, 15) is 4.79 Å². The lowest BCUT2D eigenvalue weighted by Crippen LogP contribution is -2.21. The number of oxazole rings is 1. The minimum absolute atomic E-state index is 0.0278. The van der Waals surface area contributed by atoms with Gasteiger partial charge in [0.1, 0.15) is 11.1 Å². The Bertz CT molecular complexity index is 1090. The number of nitrogens with zero attached hydrogens (tertiary/aromatic N) is 3. The first-order chi connectivity index (χ1) is 11.8. The highest BCUT2D eigenvalue weighted by atomic mass is 32.1. The Morgan fingerprint density at radius 3 is 3.17 bits per heavy atom. The van der Waals surface area contributed by atoms with Crippen molar-refractivity contribution in [2.75, 3.05) is 0 Å². The Labute approximate surface area is 145 Å². The molecule has 0 saturated carbocycles. The highest BCUT2D eigenvalue weighted by Crippen LogP contribution is 2.34. The van der Waals surface area contributed by atoms with Gasteiger partial charge in [-0.05, 0) is 36.3 Å². The summed E-state index contributed by atoms with van der Waals surface area (Å²) in [5.74, 6) is 0.596. The molecule has 4 aromatic heterocycles. The third kappa shape index (κ3) is 2.16. The summed E-state index contributed by atoms with van der Waals surface area (Å²) in [4.78, 5) is 25.0. The van der Waals surface area contributed by atoms with Gasteiger partial charge in [-0.25, -0.2) is 9.97 Å². The van der Waals surface area contributed by atoms with E-state index in [-0.39, 0.29) is 5.56 Å². The van der Waals surface area contributed by atoms with Gasteiger partial charge in [0, 0.05) is 4.88 Å². The van der Waals surface area contributed by atoms with Gasteiger partial charge in [-0.1, -0.05) is 6.07 Å². The zero-order valence-corrected chi connectivity index (χ0v) is 14.3. The molecule has 0 spiro atoms. The van der Waals surface area contributed by atoms with Gasteiger partial charge in [0.15, 0.2) is 0 Å². The maximum absolute atomic E-state index is 12.9. The molecule has 5 rings (SSSR count). The maximum atomic E-state index is 12.9. The Morgan fingerprint density at radius 1 is 1.33 bits per heavy atom. The summed E-state index contributed by atoms with van der Waals surface area (Å²) in [6.07, 6.45) is 6.43. The number of aryl methyl sites for hydroxylation is 2. The topological polar surface area (TPSA) is 60.9 Å². The van der Waals surface area contributed by atoms with Gasteiger partial charge >= 0.3 is 0 Å². The molecule has 0 bridgehead atoms. The quantitative estimate of drug-likeness (QED) is 0.562. The second-order valence-electron chi connectivity index (χ2n) is 5.84. The lowest BCUT2D eigenvalue weighted by atomic mass is 10.2. The van der Waals surface area contributed by atoms with Crippen LogP contribution in [0.15, 0.2) is 39.3 Å². The van der Waals surface area contributed by atoms with Crippen molar-refractivity contribution in [1.29, 1.82) is 0 Å². The first-order valence-electron chi connectivity index (χ1n) is 7.77. The molecule has 1 aliphatic rings. The van der Waals surface area contributed by atoms with E-state index in [2.05, 4.69) is 9.97 Å². The molecule has 120 valence electrons. The largest absolute Gasteiger partial charge is 0.443 e. The highest BCUT2D eigenvalue weighted by molar-refractivity contribution is 7.18. The lowest BCUT2D eigenvalue weighted by Gasteiger charge is -2.03. The molecule has 24 heavy (non-hydrogen) atoms. The molecule has 0 N–H and O–H groups in total. The van der Waals surface area contributed by atoms with Gasteiger partial charge in [0.25, 0.3) is 5.56 Å². The molecule has 7 heteroatoms. The zero-order valence-electron chi connectivity index (χ0n) is 12.7. The Morgan fingerprint density at radius 2 is 2.29 bits per heavy atom. The number of hydrogen-bond acceptors (Lipinski definition) is 6. The minimum atomic E-state index is 0.0278. The standard InChI is InChI=1S/C17H13N3O2S2/c21-17-14-11-3-1-4-12(11)24-16(14)18-9-20(17)7-10-8-22-15(19-10)13-5-2-6-23-13/h2,5-6,8-9H,1,3-4,7H2. The number of aromatic nitrogens is 3. The van der Waals surface area contributed by atoms with Crippen LogP contribution >= 0.6 is 22.7 Å². The zero-order chi connectivity index (χ0) is 16.1. The van der Waals surface area contributed by atoms with Crippen molar-refractivity contribution in [3.05, 3.63) is 56.6 Å². The van der Waals surface area contributed by atoms with Crippen molar-refractivity contribution < 1.29 is 4.42 Å². The predicted octanol–water partition coefficient (Wildman–Crippen LogP) is 3.71. The molecule has 4 aromatic rings. The highest BCUT2D eigenvalue weighted by Gasteiger charge is 2.21. The van der Waals surface area contributed by atoms with Crippen molar-refractivity contribution in [1.82, 2.24) is 14.5 Å². The van der Waals surface area contributed by atoms with E-state index in [1.807, 2.05) is 17.5 Å². The van der Waals surface area contributed by atoms with E-state index < -0.39 is 0 Å². The average Bonchev–Trinajstić information content (AvgIpc) is 3.33. The molecule has 0 saturated heterocycles. The van der Waals surface area contributed by atoms with Gasteiger partial charge in [-0.3, -0.25) is 9.36 Å². The van der Waals surface area contributed by atoms with Crippen LogP contribution in [0.5, 0.6) is 0 Å². The summed E-state index contributed by atoms with van der Waals surface area (Å²) in [6.45, 7) is 0.376. The van der Waals surface area contributed by atoms with E-state index in [0.29, 0.717) is 12.4 Å². The molecule has 0 amide bonds. The molecule has 0 atom stereocenters. The molecule has 0 radical (unpaired) electrons. The Balaban J connectivity index is 1.53. The lowest BCUT2D eigenvalue weighted by molar-refractivity contribution is 0.572. The van der Waals surface area contributed by atoms with E-state index >= 15 is 0 Å². The molecular formula is C17H13N3O2S2. The van der Waals surface area contributed by atoms with Crippen molar-refractivity contribution in [2.24, 2.45) is 0 Å². The fourth-order valence-corrected chi connectivity index (χ4v) is 5.07. The summed E-state index contributed by atoms with van der Waals surface area (Å²) < 4.78 is 7.16. The fourth-order valence-electron chi connectivity index (χ4n) is 3.20. The van der Waals surface area contributed by atoms with Crippen LogP contribution in [0, 0.1) is 0 Å². The summed E-state index contributed by atoms with van der Waals surface area (Å²) in [5.41, 5.74) is 1.97. The molecular weight excluding hydrogens is 342 g/mol. The van der Waals surface area contributed by atoms with Gasteiger partial charge in [-0.2, -0.15) is 0 Å². The Hall–Kier alpha value is -2.25. The Kier molecular flexibility index (Phi) is 3.17. The number of hydrogen-bond donors (Lipinski definition) is 0. The van der Waals surface area contributed by atoms with Crippen molar-refractivity contribution in [2.45, 2.75) is 25.8 Å². The fraction of sp³-hybridized carbons (Fsp3) is 0.235. The summed E-state index contributed by atoms with van der Waals surface area (Å²) in [5, 5.41) is 2.79. The molecule has 0 aliphatic heterocycles. The summed E-state index contributed by atoms with van der Waals surface area (Å²) >= 11 is 3.24. The van der Waals surface area contributed by atoms with Crippen LogP contribution in [0.3, 0.4) is 0 Å². The van der Waals surface area contributed by atoms with Crippen LogP contribution in [0.4, 0.5) is 0 Å². The number of thiophene rings is 2. The molecule has 0 aromatic carbocycles. The van der Waals surface area contributed by atoms with Crippen LogP contribution in [-0.4, -0.2) is 14.5 Å². The van der Waals surface area contributed by atoms with E-state index in [1.165, 1.54) is 10.4 Å². The van der Waals surface area contributed by atoms with Crippen LogP contribution in [0.25, 0.3) is 21.0 Å². The predicted molar refractivity (Wildman–Crippen MR) is 94.8 cm³/mol. The van der Waals surface area contributed by atoms with E-state index in [0.717, 1.165) is 40.1 Å². The molecule has 4 heterocycles. The van der Waals surface area contributed by atoms with Crippen LogP contribution in [0.1, 0.15) is 22.6 Å². The summed E-state index contributed by atoms with van der Waals surface area (Å²) in [6, 6.07) is 3.93. The number of fused-ring (bicyclic) bond motifs is 3. The third-order valence-corrected chi connectivity index (χ3v) is 6.37. The van der Waals surface area contributed by atoms with Crippen LogP contribution < -0.4 is 5.56 Å². The van der Waals surface area contributed by atoms with Crippen molar-refractivity contribution in [3.63, 3.8) is 0 Å². The van der Waals surface area contributed by atoms with E-state index in [4.69, 9.17) is 4.42 Å². The van der Waals surface area contributed by atoms with Gasteiger partial charge < -0.3 is 4.42 Å². The second kappa shape index (κ2) is 5.39. The maximum Gasteiger partial charge on any atom is 0.262 e. The molecule has 1 aliphatic carbocycles. The van der Waals surface area contributed by atoms with Crippen LogP contribution in [-0.2, 0) is 19.4 Å². The first-order valence-corrected chi connectivity index (χ1v) is 9.47. The van der Waals surface area contributed by atoms with Gasteiger partial charge in [0.2, 0.25) is 5.89 Å².